The molecule has 1 aromatic heterocycles. The van der Waals surface area contributed by atoms with Crippen LogP contribution in [0.1, 0.15) is 26.5 Å². The van der Waals surface area contributed by atoms with Crippen molar-refractivity contribution in [1.29, 1.82) is 0 Å². The van der Waals surface area contributed by atoms with Gasteiger partial charge in [-0.1, -0.05) is 13.8 Å². The van der Waals surface area contributed by atoms with Crippen molar-refractivity contribution in [3.8, 4) is 0 Å². The van der Waals surface area contributed by atoms with Gasteiger partial charge in [0.05, 0.1) is 6.26 Å². The van der Waals surface area contributed by atoms with Crippen LogP contribution in [0.2, 0.25) is 0 Å². The molecule has 2 heteroatoms. The lowest BCUT2D eigenvalue weighted by Gasteiger charge is -2.15. The third-order valence-electron chi connectivity index (χ3n) is 2.33. The summed E-state index contributed by atoms with van der Waals surface area (Å²) in [7, 11) is 0. The molecule has 13 heavy (non-hydrogen) atoms. The molecular weight excluding hydrogens is 164 g/mol. The summed E-state index contributed by atoms with van der Waals surface area (Å²) in [5, 5.41) is 0. The molecule has 0 aromatic carbocycles. The Hall–Kier alpha value is -1.05. The summed E-state index contributed by atoms with van der Waals surface area (Å²) in [6.07, 6.45) is 2.37. The molecule has 1 aromatic rings. The molecular formula is C11H16O2. The largest absolute Gasteiger partial charge is 0.469 e. The average molecular weight is 180 g/mol. The molecule has 0 aliphatic heterocycles. The first-order valence-corrected chi connectivity index (χ1v) is 4.64. The van der Waals surface area contributed by atoms with Gasteiger partial charge in [-0.3, -0.25) is 4.79 Å². The Morgan fingerprint density at radius 3 is 2.62 bits per heavy atom. The van der Waals surface area contributed by atoms with E-state index in [2.05, 4.69) is 13.8 Å². The molecule has 1 heterocycles. The van der Waals surface area contributed by atoms with Gasteiger partial charge >= 0.3 is 0 Å². The zero-order valence-corrected chi connectivity index (χ0v) is 8.41. The number of carbonyl (C=O) groups is 1. The van der Waals surface area contributed by atoms with E-state index in [9.17, 15) is 4.79 Å². The molecule has 0 bridgehead atoms. The van der Waals surface area contributed by atoms with Crippen LogP contribution < -0.4 is 0 Å². The fourth-order valence-electron chi connectivity index (χ4n) is 1.49. The second-order valence-corrected chi connectivity index (χ2v) is 3.74. The van der Waals surface area contributed by atoms with Gasteiger partial charge in [0.1, 0.15) is 11.5 Å². The van der Waals surface area contributed by atoms with Crippen LogP contribution in [0.25, 0.3) is 0 Å². The van der Waals surface area contributed by atoms with Crippen molar-refractivity contribution in [2.45, 2.75) is 27.2 Å². The summed E-state index contributed by atoms with van der Waals surface area (Å²) in [4.78, 5) is 11.3. The van der Waals surface area contributed by atoms with Crippen molar-refractivity contribution in [3.63, 3.8) is 0 Å². The molecule has 0 N–H and O–H groups in total. The summed E-state index contributed by atoms with van der Waals surface area (Å²) in [5.41, 5.74) is 0. The van der Waals surface area contributed by atoms with Gasteiger partial charge in [0.25, 0.3) is 0 Å². The van der Waals surface area contributed by atoms with Crippen LogP contribution in [0, 0.1) is 11.8 Å². The number of rotatable bonds is 4. The molecule has 72 valence electrons. The Bertz CT molecular complexity index is 260. The molecule has 0 saturated carbocycles. The summed E-state index contributed by atoms with van der Waals surface area (Å²) in [6, 6.07) is 3.77. The molecule has 1 rings (SSSR count). The molecule has 0 fully saturated rings. The predicted molar refractivity (Wildman–Crippen MR) is 51.4 cm³/mol. The Labute approximate surface area is 78.9 Å². The third kappa shape index (κ3) is 2.72. The van der Waals surface area contributed by atoms with E-state index in [1.807, 2.05) is 12.1 Å². The summed E-state index contributed by atoms with van der Waals surface area (Å²) in [6.45, 7) is 5.78. The first-order chi connectivity index (χ1) is 6.11. The highest BCUT2D eigenvalue weighted by Gasteiger charge is 2.19. The maximum atomic E-state index is 11.3. The van der Waals surface area contributed by atoms with Gasteiger partial charge in [-0.2, -0.15) is 0 Å². The molecule has 1 unspecified atom stereocenters. The fourth-order valence-corrected chi connectivity index (χ4v) is 1.49. The standard InChI is InChI=1S/C11H16O2/c1-8(2)11(9(3)12)7-10-5-4-6-13-10/h4-6,8,11H,7H2,1-3H3. The van der Waals surface area contributed by atoms with Crippen molar-refractivity contribution in [2.75, 3.05) is 0 Å². The van der Waals surface area contributed by atoms with Gasteiger partial charge in [0.2, 0.25) is 0 Å². The lowest BCUT2D eigenvalue weighted by atomic mass is 9.88. The molecule has 0 amide bonds. The highest BCUT2D eigenvalue weighted by Crippen LogP contribution is 2.18. The molecule has 0 saturated heterocycles. The van der Waals surface area contributed by atoms with Crippen LogP contribution in [0.5, 0.6) is 0 Å². The zero-order chi connectivity index (χ0) is 9.84. The Morgan fingerprint density at radius 1 is 1.54 bits per heavy atom. The van der Waals surface area contributed by atoms with E-state index in [-0.39, 0.29) is 11.7 Å². The summed E-state index contributed by atoms with van der Waals surface area (Å²) in [5.74, 6) is 1.61. The number of hydrogen-bond donors (Lipinski definition) is 0. The minimum Gasteiger partial charge on any atom is -0.469 e. The minimum atomic E-state index is 0.0890. The van der Waals surface area contributed by atoms with E-state index >= 15 is 0 Å². The van der Waals surface area contributed by atoms with Gasteiger partial charge in [-0.05, 0) is 25.0 Å². The number of furan rings is 1. The van der Waals surface area contributed by atoms with E-state index in [0.717, 1.165) is 12.2 Å². The molecule has 0 aliphatic rings. The van der Waals surface area contributed by atoms with Crippen molar-refractivity contribution in [1.82, 2.24) is 0 Å². The number of carbonyl (C=O) groups excluding carboxylic acids is 1. The first kappa shape index (κ1) is 10.0. The lowest BCUT2D eigenvalue weighted by molar-refractivity contribution is -0.122. The molecule has 1 atom stereocenters. The monoisotopic (exact) mass is 180 g/mol. The summed E-state index contributed by atoms with van der Waals surface area (Å²) >= 11 is 0. The van der Waals surface area contributed by atoms with Gasteiger partial charge in [-0.25, -0.2) is 0 Å². The predicted octanol–water partition coefficient (Wildman–Crippen LogP) is 2.68. The fraction of sp³-hybridized carbons (Fsp3) is 0.545. The maximum absolute atomic E-state index is 11.3. The maximum Gasteiger partial charge on any atom is 0.133 e. The smallest absolute Gasteiger partial charge is 0.133 e. The quantitative estimate of drug-likeness (QED) is 0.713. The van der Waals surface area contributed by atoms with Crippen LogP contribution in [0.3, 0.4) is 0 Å². The van der Waals surface area contributed by atoms with Crippen molar-refractivity contribution in [2.24, 2.45) is 11.8 Å². The van der Waals surface area contributed by atoms with Crippen LogP contribution in [0.15, 0.2) is 22.8 Å². The van der Waals surface area contributed by atoms with Crippen molar-refractivity contribution >= 4 is 5.78 Å². The van der Waals surface area contributed by atoms with E-state index < -0.39 is 0 Å². The van der Waals surface area contributed by atoms with Crippen molar-refractivity contribution in [3.05, 3.63) is 24.2 Å². The Balaban J connectivity index is 2.63. The lowest BCUT2D eigenvalue weighted by Crippen LogP contribution is -2.19. The first-order valence-electron chi connectivity index (χ1n) is 4.64. The highest BCUT2D eigenvalue weighted by atomic mass is 16.3. The van der Waals surface area contributed by atoms with Gasteiger partial charge < -0.3 is 4.42 Å². The highest BCUT2D eigenvalue weighted by molar-refractivity contribution is 5.78. The second kappa shape index (κ2) is 4.26. The third-order valence-corrected chi connectivity index (χ3v) is 2.33. The van der Waals surface area contributed by atoms with E-state index in [0.29, 0.717) is 5.92 Å². The topological polar surface area (TPSA) is 30.2 Å². The van der Waals surface area contributed by atoms with E-state index in [1.54, 1.807) is 13.2 Å². The second-order valence-electron chi connectivity index (χ2n) is 3.74. The van der Waals surface area contributed by atoms with Gasteiger partial charge in [0.15, 0.2) is 0 Å². The Kier molecular flexibility index (Phi) is 3.29. The SMILES string of the molecule is CC(=O)C(Cc1ccco1)C(C)C. The normalized spacial score (nSPS) is 13.2. The average Bonchev–Trinajstić information content (AvgIpc) is 2.50. The number of ketones is 1. The van der Waals surface area contributed by atoms with Gasteiger partial charge in [0, 0.05) is 12.3 Å². The molecule has 0 aliphatic carbocycles. The molecule has 2 nitrogen and oxygen atoms in total. The minimum absolute atomic E-state index is 0.0890. The number of hydrogen-bond acceptors (Lipinski definition) is 2. The van der Waals surface area contributed by atoms with Crippen LogP contribution in [-0.2, 0) is 11.2 Å². The Morgan fingerprint density at radius 2 is 2.23 bits per heavy atom. The van der Waals surface area contributed by atoms with Crippen LogP contribution in [0.4, 0.5) is 0 Å². The van der Waals surface area contributed by atoms with Crippen LogP contribution in [-0.4, -0.2) is 5.78 Å². The number of Topliss-reactive ketones (excluding diaryl/α,β-unsaturated/α-hetero) is 1. The van der Waals surface area contributed by atoms with E-state index in [4.69, 9.17) is 4.42 Å². The zero-order valence-electron chi connectivity index (χ0n) is 8.41. The molecule has 0 radical (unpaired) electrons. The van der Waals surface area contributed by atoms with Crippen LogP contribution >= 0.6 is 0 Å². The van der Waals surface area contributed by atoms with E-state index in [1.165, 1.54) is 0 Å². The van der Waals surface area contributed by atoms with Gasteiger partial charge in [-0.15, -0.1) is 0 Å². The van der Waals surface area contributed by atoms with Crippen molar-refractivity contribution < 1.29 is 9.21 Å². The molecule has 0 spiro atoms. The summed E-state index contributed by atoms with van der Waals surface area (Å²) < 4.78 is 5.21.